The van der Waals surface area contributed by atoms with Crippen molar-refractivity contribution in [3.05, 3.63) is 89.5 Å². The third kappa shape index (κ3) is 8.08. The zero-order valence-electron chi connectivity index (χ0n) is 27.2. The molecule has 6 rings (SSSR count). The Bertz CT molecular complexity index is 1570. The van der Waals surface area contributed by atoms with E-state index in [9.17, 15) is 35.9 Å². The van der Waals surface area contributed by atoms with Crippen molar-refractivity contribution in [3.8, 4) is 0 Å². The Hall–Kier alpha value is -4.20. The monoisotopic (exact) mass is 678 g/mol. The number of fused-ring (bicyclic) bond motifs is 1. The highest BCUT2D eigenvalue weighted by Gasteiger charge is 2.49. The second-order valence-corrected chi connectivity index (χ2v) is 12.4. The van der Waals surface area contributed by atoms with Crippen LogP contribution in [-0.4, -0.2) is 69.7 Å². The van der Waals surface area contributed by atoms with Crippen LogP contribution in [0.1, 0.15) is 66.1 Å². The average molecular weight is 679 g/mol. The molecule has 2 fully saturated rings. The minimum absolute atomic E-state index is 0.00217. The number of likely N-dealkylation sites (tertiary alicyclic amines) is 2. The summed E-state index contributed by atoms with van der Waals surface area (Å²) in [5, 5.41) is 7.12. The second kappa shape index (κ2) is 15.3. The standard InChI is InChI=1S/C25H24F3N3O2.C8H13F2N3.CH3F/c1-2-22(32)30-15-24(16-30)8-9-29(14-24)12-17-10-19-20(21(11-17)25(26,27)28)13-31(23(19)33)18-6-4-3-5-7-18;1-3-6(2)4-7-12-11-5-13(7)8(9)10;1-2/h2-7,10-11H,1,8-9,12-16H2;5-6,8H,3-4H2,1-2H3;1H3. The van der Waals surface area contributed by atoms with Gasteiger partial charge in [0.05, 0.1) is 19.3 Å². The Morgan fingerprint density at radius 2 is 1.79 bits per heavy atom. The highest BCUT2D eigenvalue weighted by Crippen LogP contribution is 2.42. The first kappa shape index (κ1) is 36.6. The van der Waals surface area contributed by atoms with E-state index in [0.29, 0.717) is 56.2 Å². The lowest BCUT2D eigenvalue weighted by Crippen LogP contribution is -2.59. The van der Waals surface area contributed by atoms with E-state index >= 15 is 0 Å². The number of amides is 2. The highest BCUT2D eigenvalue weighted by molar-refractivity contribution is 6.10. The molecule has 0 aliphatic carbocycles. The summed E-state index contributed by atoms with van der Waals surface area (Å²) in [5.74, 6) is 0.235. The summed E-state index contributed by atoms with van der Waals surface area (Å²) in [5.41, 5.74) is 0.502. The van der Waals surface area contributed by atoms with Gasteiger partial charge in [-0.3, -0.25) is 23.4 Å². The van der Waals surface area contributed by atoms with Crippen LogP contribution in [0.2, 0.25) is 0 Å². The number of carbonyl (C=O) groups excluding carboxylic acids is 2. The highest BCUT2D eigenvalue weighted by atomic mass is 19.4. The number of aromatic nitrogens is 3. The van der Waals surface area contributed by atoms with Crippen LogP contribution in [-0.2, 0) is 30.5 Å². The number of halogens is 6. The number of benzene rings is 2. The number of carbonyl (C=O) groups is 2. The van der Waals surface area contributed by atoms with E-state index in [1.165, 1.54) is 17.0 Å². The molecule has 2 saturated heterocycles. The van der Waals surface area contributed by atoms with Crippen LogP contribution >= 0.6 is 0 Å². The van der Waals surface area contributed by atoms with Gasteiger partial charge in [-0.1, -0.05) is 45.0 Å². The van der Waals surface area contributed by atoms with Crippen LogP contribution in [0.5, 0.6) is 0 Å². The Kier molecular flexibility index (Phi) is 11.7. The maximum Gasteiger partial charge on any atom is 0.416 e. The van der Waals surface area contributed by atoms with Gasteiger partial charge in [-0.2, -0.15) is 22.0 Å². The lowest BCUT2D eigenvalue weighted by Gasteiger charge is -2.47. The predicted octanol–water partition coefficient (Wildman–Crippen LogP) is 6.93. The molecular formula is C34H40F6N6O2. The zero-order chi connectivity index (χ0) is 35.2. The molecule has 4 heterocycles. The van der Waals surface area contributed by atoms with E-state index in [2.05, 4.69) is 21.7 Å². The Balaban J connectivity index is 0.000000292. The number of alkyl halides is 6. The molecule has 0 bridgehead atoms. The van der Waals surface area contributed by atoms with E-state index in [1.54, 1.807) is 41.3 Å². The molecule has 0 radical (unpaired) electrons. The quantitative estimate of drug-likeness (QED) is 0.191. The van der Waals surface area contributed by atoms with Crippen molar-refractivity contribution in [2.75, 3.05) is 38.3 Å². The van der Waals surface area contributed by atoms with Crippen molar-refractivity contribution in [1.29, 1.82) is 0 Å². The maximum atomic E-state index is 13.9. The molecule has 1 atom stereocenters. The normalized spacial score (nSPS) is 17.3. The lowest BCUT2D eigenvalue weighted by atomic mass is 9.79. The largest absolute Gasteiger partial charge is 0.416 e. The van der Waals surface area contributed by atoms with E-state index in [-0.39, 0.29) is 29.0 Å². The first-order chi connectivity index (χ1) is 22.8. The fourth-order valence-electron chi connectivity index (χ4n) is 6.39. The number of hydrogen-bond acceptors (Lipinski definition) is 5. The molecular weight excluding hydrogens is 638 g/mol. The van der Waals surface area contributed by atoms with Gasteiger partial charge in [-0.05, 0) is 60.4 Å². The predicted molar refractivity (Wildman–Crippen MR) is 169 cm³/mol. The van der Waals surface area contributed by atoms with E-state index in [1.807, 2.05) is 13.8 Å². The molecule has 3 aliphatic rings. The maximum absolute atomic E-state index is 13.9. The average Bonchev–Trinajstić information content (AvgIpc) is 3.79. The number of nitrogens with zero attached hydrogens (tertiary/aromatic N) is 6. The molecule has 2 amide bonds. The molecule has 1 unspecified atom stereocenters. The van der Waals surface area contributed by atoms with Crippen LogP contribution in [0, 0.1) is 11.3 Å². The lowest BCUT2D eigenvalue weighted by molar-refractivity contribution is -0.138. The first-order valence-electron chi connectivity index (χ1n) is 15.6. The van der Waals surface area contributed by atoms with Gasteiger partial charge in [0, 0.05) is 49.3 Å². The molecule has 3 aromatic rings. The van der Waals surface area contributed by atoms with Gasteiger partial charge in [0.1, 0.15) is 12.2 Å². The smallest absolute Gasteiger partial charge is 0.338 e. The third-order valence-electron chi connectivity index (χ3n) is 9.02. The summed E-state index contributed by atoms with van der Waals surface area (Å²) in [6.45, 7) is 8.02. The van der Waals surface area contributed by atoms with Crippen molar-refractivity contribution in [2.45, 2.75) is 58.9 Å². The second-order valence-electron chi connectivity index (χ2n) is 12.4. The number of hydrogen-bond donors (Lipinski definition) is 0. The zero-order valence-corrected chi connectivity index (χ0v) is 27.2. The van der Waals surface area contributed by atoms with Gasteiger partial charge in [-0.25, -0.2) is 0 Å². The fourth-order valence-corrected chi connectivity index (χ4v) is 6.39. The van der Waals surface area contributed by atoms with E-state index in [0.717, 1.165) is 36.8 Å². The molecule has 0 N–H and O–H groups in total. The van der Waals surface area contributed by atoms with Crippen molar-refractivity contribution in [3.63, 3.8) is 0 Å². The van der Waals surface area contributed by atoms with Crippen LogP contribution in [0.4, 0.5) is 32.0 Å². The topological polar surface area (TPSA) is 74.6 Å². The third-order valence-corrected chi connectivity index (χ3v) is 9.02. The number of rotatable bonds is 8. The van der Waals surface area contributed by atoms with Gasteiger partial charge in [-0.15, -0.1) is 10.2 Å². The van der Waals surface area contributed by atoms with Crippen molar-refractivity contribution in [1.82, 2.24) is 24.6 Å². The van der Waals surface area contributed by atoms with E-state index < -0.39 is 24.2 Å². The SMILES string of the molecule is C=CC(=O)N1CC2(CCN(Cc3cc4c(c(C(F)(F)F)c3)CN(c3ccccc3)C4=O)C2)C1.CCC(C)Cc1nncn1C(F)F.CF. The molecule has 2 aromatic carbocycles. The molecule has 8 nitrogen and oxygen atoms in total. The van der Waals surface area contributed by atoms with Gasteiger partial charge >= 0.3 is 12.7 Å². The minimum atomic E-state index is -4.54. The molecule has 1 aromatic heterocycles. The summed E-state index contributed by atoms with van der Waals surface area (Å²) in [4.78, 5) is 30.1. The molecule has 260 valence electrons. The molecule has 3 aliphatic heterocycles. The Labute approximate surface area is 276 Å². The van der Waals surface area contributed by atoms with E-state index in [4.69, 9.17) is 0 Å². The van der Waals surface area contributed by atoms with Crippen LogP contribution in [0.25, 0.3) is 0 Å². The van der Waals surface area contributed by atoms with Gasteiger partial charge in [0.15, 0.2) is 0 Å². The van der Waals surface area contributed by atoms with Crippen molar-refractivity contribution in [2.24, 2.45) is 11.3 Å². The van der Waals surface area contributed by atoms with Crippen LogP contribution < -0.4 is 4.90 Å². The van der Waals surface area contributed by atoms with Gasteiger partial charge < -0.3 is 9.80 Å². The summed E-state index contributed by atoms with van der Waals surface area (Å²) in [6.07, 6.45) is 0.238. The Morgan fingerprint density at radius 1 is 1.10 bits per heavy atom. The van der Waals surface area contributed by atoms with Gasteiger partial charge in [0.2, 0.25) is 5.91 Å². The summed E-state index contributed by atoms with van der Waals surface area (Å²) in [7, 11) is 0.500. The first-order valence-corrected chi connectivity index (χ1v) is 15.6. The van der Waals surface area contributed by atoms with Crippen LogP contribution in [0.3, 0.4) is 0 Å². The molecule has 0 saturated carbocycles. The number of anilines is 1. The molecule has 48 heavy (non-hydrogen) atoms. The summed E-state index contributed by atoms with van der Waals surface area (Å²) in [6, 6.07) is 11.6. The number of para-hydroxylation sites is 1. The van der Waals surface area contributed by atoms with Crippen molar-refractivity contribution >= 4 is 17.5 Å². The van der Waals surface area contributed by atoms with Crippen molar-refractivity contribution < 1.29 is 35.9 Å². The molecule has 1 spiro atoms. The summed E-state index contributed by atoms with van der Waals surface area (Å²) < 4.78 is 76.7. The fraction of sp³-hybridized carbons (Fsp3) is 0.471. The summed E-state index contributed by atoms with van der Waals surface area (Å²) >= 11 is 0. The minimum Gasteiger partial charge on any atom is -0.338 e. The Morgan fingerprint density at radius 3 is 2.40 bits per heavy atom. The van der Waals surface area contributed by atoms with Gasteiger partial charge in [0.25, 0.3) is 5.91 Å². The van der Waals surface area contributed by atoms with Crippen LogP contribution in [0.15, 0.2) is 61.4 Å². The molecule has 14 heteroatoms.